The van der Waals surface area contributed by atoms with Crippen LogP contribution in [0, 0.1) is 0 Å². The van der Waals surface area contributed by atoms with Crippen molar-refractivity contribution in [1.29, 1.82) is 0 Å². The molecule has 3 rings (SSSR count). The fourth-order valence-electron chi connectivity index (χ4n) is 1.92. The molecule has 0 aliphatic carbocycles. The van der Waals surface area contributed by atoms with Crippen LogP contribution in [0.25, 0.3) is 10.2 Å². The van der Waals surface area contributed by atoms with Gasteiger partial charge in [0.15, 0.2) is 0 Å². The second-order valence-electron chi connectivity index (χ2n) is 4.21. The molecule has 2 aromatic carbocycles. The standard InChI is InChI=1S/C15H11NO3S/c17-14(19-10-11-6-2-1-3-7-11)16-12-8-4-5-9-13(12)20-15(16)18/h1-9H,10H2. The Balaban J connectivity index is 1.86. The number of thiazole rings is 1. The Morgan fingerprint density at radius 2 is 1.75 bits per heavy atom. The average molecular weight is 285 g/mol. The van der Waals surface area contributed by atoms with Crippen molar-refractivity contribution in [3.05, 3.63) is 69.8 Å². The molecule has 4 nitrogen and oxygen atoms in total. The van der Waals surface area contributed by atoms with Crippen molar-refractivity contribution in [2.24, 2.45) is 0 Å². The number of hydrogen-bond donors (Lipinski definition) is 0. The van der Waals surface area contributed by atoms with E-state index >= 15 is 0 Å². The summed E-state index contributed by atoms with van der Waals surface area (Å²) in [6.45, 7) is 0.149. The van der Waals surface area contributed by atoms with Crippen molar-refractivity contribution < 1.29 is 9.53 Å². The molecule has 0 bridgehead atoms. The third-order valence-electron chi connectivity index (χ3n) is 2.87. The van der Waals surface area contributed by atoms with E-state index in [-0.39, 0.29) is 11.5 Å². The van der Waals surface area contributed by atoms with Gasteiger partial charge in [0.05, 0.1) is 10.2 Å². The van der Waals surface area contributed by atoms with E-state index in [0.29, 0.717) is 5.52 Å². The molecule has 0 aliphatic heterocycles. The number of para-hydroxylation sites is 1. The molecule has 20 heavy (non-hydrogen) atoms. The topological polar surface area (TPSA) is 48.3 Å². The van der Waals surface area contributed by atoms with Crippen molar-refractivity contribution in [1.82, 2.24) is 4.57 Å². The van der Waals surface area contributed by atoms with Crippen LogP contribution in [-0.4, -0.2) is 10.7 Å². The van der Waals surface area contributed by atoms with Gasteiger partial charge < -0.3 is 4.74 Å². The Morgan fingerprint density at radius 1 is 1.05 bits per heavy atom. The molecule has 0 spiro atoms. The number of carbonyl (C=O) groups excluding carboxylic acids is 1. The third-order valence-corrected chi connectivity index (χ3v) is 3.80. The summed E-state index contributed by atoms with van der Waals surface area (Å²) in [5, 5.41) is 0. The van der Waals surface area contributed by atoms with E-state index in [1.165, 1.54) is 0 Å². The van der Waals surface area contributed by atoms with Crippen molar-refractivity contribution in [2.45, 2.75) is 6.61 Å². The SMILES string of the molecule is O=C(OCc1ccccc1)n1c(=O)sc2ccccc21. The highest BCUT2D eigenvalue weighted by Crippen LogP contribution is 2.16. The Labute approximate surface area is 118 Å². The fraction of sp³-hybridized carbons (Fsp3) is 0.0667. The van der Waals surface area contributed by atoms with E-state index in [1.807, 2.05) is 42.5 Å². The number of carbonyl (C=O) groups is 1. The molecule has 5 heteroatoms. The highest BCUT2D eigenvalue weighted by molar-refractivity contribution is 7.16. The number of rotatable bonds is 2. The van der Waals surface area contributed by atoms with Gasteiger partial charge >= 0.3 is 11.0 Å². The van der Waals surface area contributed by atoms with E-state index in [2.05, 4.69) is 0 Å². The molecule has 0 N–H and O–H groups in total. The van der Waals surface area contributed by atoms with Gasteiger partial charge in [0.25, 0.3) is 0 Å². The molecule has 0 fully saturated rings. The molecular formula is C15H11NO3S. The second-order valence-corrected chi connectivity index (χ2v) is 5.20. The van der Waals surface area contributed by atoms with Gasteiger partial charge in [-0.15, -0.1) is 0 Å². The molecular weight excluding hydrogens is 274 g/mol. The van der Waals surface area contributed by atoms with Crippen LogP contribution in [0.1, 0.15) is 5.56 Å². The number of aromatic nitrogens is 1. The van der Waals surface area contributed by atoms with Crippen molar-refractivity contribution in [3.63, 3.8) is 0 Å². The molecule has 1 aromatic heterocycles. The van der Waals surface area contributed by atoms with Crippen molar-refractivity contribution in [3.8, 4) is 0 Å². The van der Waals surface area contributed by atoms with E-state index in [1.54, 1.807) is 12.1 Å². The largest absolute Gasteiger partial charge is 0.444 e. The van der Waals surface area contributed by atoms with Gasteiger partial charge in [-0.1, -0.05) is 53.8 Å². The van der Waals surface area contributed by atoms with Gasteiger partial charge in [-0.3, -0.25) is 4.79 Å². The van der Waals surface area contributed by atoms with Crippen molar-refractivity contribution >= 4 is 27.6 Å². The predicted molar refractivity (Wildman–Crippen MR) is 78.1 cm³/mol. The van der Waals surface area contributed by atoms with Gasteiger partial charge in [0, 0.05) is 0 Å². The summed E-state index contributed by atoms with van der Waals surface area (Å²) in [6.07, 6.45) is -0.642. The summed E-state index contributed by atoms with van der Waals surface area (Å²) in [4.78, 5) is 23.6. The van der Waals surface area contributed by atoms with Gasteiger partial charge in [0.2, 0.25) is 0 Å². The minimum atomic E-state index is -0.642. The molecule has 0 saturated heterocycles. The van der Waals surface area contributed by atoms with Crippen LogP contribution < -0.4 is 4.87 Å². The highest BCUT2D eigenvalue weighted by atomic mass is 32.1. The molecule has 0 amide bonds. The Hall–Kier alpha value is -2.40. The average Bonchev–Trinajstić information content (AvgIpc) is 2.82. The molecule has 0 radical (unpaired) electrons. The summed E-state index contributed by atoms with van der Waals surface area (Å²) < 4.78 is 7.04. The third kappa shape index (κ3) is 2.35. The summed E-state index contributed by atoms with van der Waals surface area (Å²) in [6, 6.07) is 16.5. The summed E-state index contributed by atoms with van der Waals surface area (Å²) >= 11 is 1.04. The quantitative estimate of drug-likeness (QED) is 0.726. The van der Waals surface area contributed by atoms with Crippen molar-refractivity contribution in [2.75, 3.05) is 0 Å². The summed E-state index contributed by atoms with van der Waals surface area (Å²) in [7, 11) is 0. The maximum atomic E-state index is 12.1. The molecule has 0 aliphatic rings. The molecule has 0 saturated carbocycles. The van der Waals surface area contributed by atoms with Crippen LogP contribution in [0.4, 0.5) is 4.79 Å². The zero-order valence-corrected chi connectivity index (χ0v) is 11.3. The lowest BCUT2D eigenvalue weighted by Crippen LogP contribution is -2.23. The van der Waals surface area contributed by atoms with Gasteiger partial charge in [-0.25, -0.2) is 9.36 Å². The van der Waals surface area contributed by atoms with Gasteiger partial charge in [-0.05, 0) is 17.7 Å². The van der Waals surface area contributed by atoms with Crippen LogP contribution in [-0.2, 0) is 11.3 Å². The Bertz CT molecular complexity index is 805. The summed E-state index contributed by atoms with van der Waals surface area (Å²) in [5.41, 5.74) is 1.47. The Kier molecular flexibility index (Phi) is 3.35. The van der Waals surface area contributed by atoms with E-state index in [0.717, 1.165) is 26.2 Å². The molecule has 100 valence electrons. The first-order valence-corrected chi connectivity index (χ1v) is 6.89. The minimum Gasteiger partial charge on any atom is -0.444 e. The van der Waals surface area contributed by atoms with E-state index in [9.17, 15) is 9.59 Å². The van der Waals surface area contributed by atoms with E-state index < -0.39 is 6.09 Å². The number of benzene rings is 2. The number of fused-ring (bicyclic) bond motifs is 1. The first kappa shape index (κ1) is 12.6. The lowest BCUT2D eigenvalue weighted by Gasteiger charge is -2.05. The Morgan fingerprint density at radius 3 is 2.55 bits per heavy atom. The fourth-order valence-corrected chi connectivity index (χ4v) is 2.79. The predicted octanol–water partition coefficient (Wildman–Crippen LogP) is 3.25. The zero-order chi connectivity index (χ0) is 13.9. The first-order chi connectivity index (χ1) is 9.75. The van der Waals surface area contributed by atoms with Crippen LogP contribution >= 0.6 is 11.3 Å². The first-order valence-electron chi connectivity index (χ1n) is 6.07. The molecule has 0 atom stereocenters. The lowest BCUT2D eigenvalue weighted by molar-refractivity contribution is 0.142. The number of nitrogens with zero attached hydrogens (tertiary/aromatic N) is 1. The number of ether oxygens (including phenoxy) is 1. The van der Waals surface area contributed by atoms with Crippen LogP contribution in [0.3, 0.4) is 0 Å². The molecule has 0 unspecified atom stereocenters. The smallest absolute Gasteiger partial charge is 0.422 e. The van der Waals surface area contributed by atoms with Crippen LogP contribution in [0.5, 0.6) is 0 Å². The van der Waals surface area contributed by atoms with Crippen LogP contribution in [0.2, 0.25) is 0 Å². The van der Waals surface area contributed by atoms with E-state index in [4.69, 9.17) is 4.74 Å². The van der Waals surface area contributed by atoms with Crippen LogP contribution in [0.15, 0.2) is 59.4 Å². The molecule has 3 aromatic rings. The lowest BCUT2D eigenvalue weighted by atomic mass is 10.2. The normalized spacial score (nSPS) is 10.6. The zero-order valence-electron chi connectivity index (χ0n) is 10.5. The summed E-state index contributed by atoms with van der Waals surface area (Å²) in [5.74, 6) is 0. The highest BCUT2D eigenvalue weighted by Gasteiger charge is 2.15. The second kappa shape index (κ2) is 5.30. The maximum Gasteiger partial charge on any atom is 0.422 e. The number of hydrogen-bond acceptors (Lipinski definition) is 4. The van der Waals surface area contributed by atoms with Gasteiger partial charge in [0.1, 0.15) is 6.61 Å². The maximum absolute atomic E-state index is 12.1. The minimum absolute atomic E-state index is 0.149. The van der Waals surface area contributed by atoms with Gasteiger partial charge in [-0.2, -0.15) is 0 Å². The monoisotopic (exact) mass is 285 g/mol. The molecule has 1 heterocycles.